The number of ether oxygens (including phenoxy) is 1. The van der Waals surface area contributed by atoms with Crippen LogP contribution < -0.4 is 10.5 Å². The fourth-order valence-corrected chi connectivity index (χ4v) is 2.02. The third-order valence-electron chi connectivity index (χ3n) is 1.98. The lowest BCUT2D eigenvalue weighted by atomic mass is 10.1. The minimum atomic E-state index is 0.547. The summed E-state index contributed by atoms with van der Waals surface area (Å²) in [7, 11) is 0. The topological polar surface area (TPSA) is 35.2 Å². The van der Waals surface area contributed by atoms with Crippen molar-refractivity contribution in [1.82, 2.24) is 0 Å². The van der Waals surface area contributed by atoms with E-state index in [0.717, 1.165) is 10.9 Å². The van der Waals surface area contributed by atoms with Crippen molar-refractivity contribution in [3.8, 4) is 5.75 Å². The molecule has 0 aliphatic heterocycles. The molecule has 0 aliphatic carbocycles. The van der Waals surface area contributed by atoms with Crippen molar-refractivity contribution in [2.24, 2.45) is 5.92 Å². The standard InChI is InChI=1S/C11H15BrClNO/c1-7(2)3-4-15-11-9(13)5-8(12)6-10(11)14/h5-7H,3-4,14H2,1-2H3. The van der Waals surface area contributed by atoms with Gasteiger partial charge >= 0.3 is 0 Å². The van der Waals surface area contributed by atoms with Crippen molar-refractivity contribution >= 4 is 33.2 Å². The monoisotopic (exact) mass is 291 g/mol. The van der Waals surface area contributed by atoms with E-state index in [4.69, 9.17) is 22.1 Å². The lowest BCUT2D eigenvalue weighted by Crippen LogP contribution is -2.03. The minimum absolute atomic E-state index is 0.547. The van der Waals surface area contributed by atoms with E-state index in [1.54, 1.807) is 12.1 Å². The average Bonchev–Trinajstić information content (AvgIpc) is 2.08. The van der Waals surface area contributed by atoms with Crippen molar-refractivity contribution < 1.29 is 4.74 Å². The van der Waals surface area contributed by atoms with Crippen LogP contribution in [0.2, 0.25) is 5.02 Å². The molecule has 0 aromatic heterocycles. The summed E-state index contributed by atoms with van der Waals surface area (Å²) in [5.41, 5.74) is 6.37. The van der Waals surface area contributed by atoms with E-state index in [1.165, 1.54) is 0 Å². The van der Waals surface area contributed by atoms with E-state index in [9.17, 15) is 0 Å². The van der Waals surface area contributed by atoms with Crippen LogP contribution in [0.15, 0.2) is 16.6 Å². The molecule has 2 N–H and O–H groups in total. The molecule has 0 spiro atoms. The molecule has 0 aliphatic rings. The van der Waals surface area contributed by atoms with E-state index >= 15 is 0 Å². The molecule has 15 heavy (non-hydrogen) atoms. The lowest BCUT2D eigenvalue weighted by molar-refractivity contribution is 0.291. The average molecular weight is 293 g/mol. The van der Waals surface area contributed by atoms with E-state index in [1.807, 2.05) is 0 Å². The second kappa shape index (κ2) is 5.61. The summed E-state index contributed by atoms with van der Waals surface area (Å²) in [5.74, 6) is 1.20. The second-order valence-corrected chi connectivity index (χ2v) is 5.16. The fourth-order valence-electron chi connectivity index (χ4n) is 1.13. The number of nitrogens with two attached hydrogens (primary N) is 1. The third-order valence-corrected chi connectivity index (χ3v) is 2.72. The maximum absolute atomic E-state index is 6.02. The summed E-state index contributed by atoms with van der Waals surface area (Å²) < 4.78 is 6.42. The molecule has 0 fully saturated rings. The number of nitrogen functional groups attached to an aromatic ring is 1. The Labute approximate surface area is 104 Å². The fraction of sp³-hybridized carbons (Fsp3) is 0.455. The van der Waals surface area contributed by atoms with Gasteiger partial charge in [-0.1, -0.05) is 41.4 Å². The normalized spacial score (nSPS) is 10.7. The van der Waals surface area contributed by atoms with Gasteiger partial charge in [0.15, 0.2) is 5.75 Å². The van der Waals surface area contributed by atoms with E-state index in [2.05, 4.69) is 29.8 Å². The van der Waals surface area contributed by atoms with Crippen LogP contribution in [0.1, 0.15) is 20.3 Å². The molecule has 0 unspecified atom stereocenters. The Morgan fingerprint density at radius 3 is 2.67 bits per heavy atom. The number of anilines is 1. The third kappa shape index (κ3) is 3.92. The van der Waals surface area contributed by atoms with Gasteiger partial charge in [0.05, 0.1) is 17.3 Å². The molecule has 4 heteroatoms. The Kier molecular flexibility index (Phi) is 4.74. The van der Waals surface area contributed by atoms with Crippen LogP contribution in [0.5, 0.6) is 5.75 Å². The van der Waals surface area contributed by atoms with Crippen LogP contribution in [0.4, 0.5) is 5.69 Å². The summed E-state index contributed by atoms with van der Waals surface area (Å²) in [4.78, 5) is 0. The number of rotatable bonds is 4. The molecule has 0 atom stereocenters. The van der Waals surface area contributed by atoms with Crippen molar-refractivity contribution in [1.29, 1.82) is 0 Å². The van der Waals surface area contributed by atoms with Crippen molar-refractivity contribution in [3.63, 3.8) is 0 Å². The highest BCUT2D eigenvalue weighted by Crippen LogP contribution is 2.34. The number of hydrogen-bond acceptors (Lipinski definition) is 2. The van der Waals surface area contributed by atoms with E-state index < -0.39 is 0 Å². The Balaban J connectivity index is 2.68. The molecule has 0 saturated carbocycles. The van der Waals surface area contributed by atoms with Gasteiger partial charge in [0.2, 0.25) is 0 Å². The van der Waals surface area contributed by atoms with Crippen LogP contribution in [-0.2, 0) is 0 Å². The molecule has 1 aromatic rings. The number of hydrogen-bond donors (Lipinski definition) is 1. The molecular formula is C11H15BrClNO. The SMILES string of the molecule is CC(C)CCOc1c(N)cc(Br)cc1Cl. The first-order valence-electron chi connectivity index (χ1n) is 4.88. The van der Waals surface area contributed by atoms with Gasteiger partial charge < -0.3 is 10.5 Å². The summed E-state index contributed by atoms with van der Waals surface area (Å²) >= 11 is 9.33. The Hall–Kier alpha value is -0.410. The molecule has 0 radical (unpaired) electrons. The molecule has 84 valence electrons. The van der Waals surface area contributed by atoms with Gasteiger partial charge in [-0.3, -0.25) is 0 Å². The second-order valence-electron chi connectivity index (χ2n) is 3.84. The van der Waals surface area contributed by atoms with Crippen LogP contribution in [0.25, 0.3) is 0 Å². The van der Waals surface area contributed by atoms with Gasteiger partial charge in [0, 0.05) is 4.47 Å². The molecule has 0 bridgehead atoms. The van der Waals surface area contributed by atoms with Gasteiger partial charge in [-0.25, -0.2) is 0 Å². The Morgan fingerprint density at radius 1 is 1.47 bits per heavy atom. The summed E-state index contributed by atoms with van der Waals surface area (Å²) in [6, 6.07) is 3.57. The van der Waals surface area contributed by atoms with Crippen molar-refractivity contribution in [2.75, 3.05) is 12.3 Å². The molecule has 0 saturated heterocycles. The maximum atomic E-state index is 6.02. The predicted molar refractivity (Wildman–Crippen MR) is 68.5 cm³/mol. The van der Waals surface area contributed by atoms with E-state index in [0.29, 0.717) is 29.0 Å². The van der Waals surface area contributed by atoms with Gasteiger partial charge in [0.1, 0.15) is 0 Å². The molecule has 1 aromatic carbocycles. The lowest BCUT2D eigenvalue weighted by Gasteiger charge is -2.12. The molecular weight excluding hydrogens is 277 g/mol. The zero-order valence-electron chi connectivity index (χ0n) is 8.89. The van der Waals surface area contributed by atoms with Crippen LogP contribution in [0, 0.1) is 5.92 Å². The van der Waals surface area contributed by atoms with Gasteiger partial charge in [-0.2, -0.15) is 0 Å². The smallest absolute Gasteiger partial charge is 0.160 e. The first-order chi connectivity index (χ1) is 7.00. The van der Waals surface area contributed by atoms with Crippen LogP contribution in [0.3, 0.4) is 0 Å². The zero-order chi connectivity index (χ0) is 11.4. The first kappa shape index (κ1) is 12.7. The quantitative estimate of drug-likeness (QED) is 0.848. The van der Waals surface area contributed by atoms with Crippen molar-refractivity contribution in [2.45, 2.75) is 20.3 Å². The summed E-state index contributed by atoms with van der Waals surface area (Å²) in [5, 5.41) is 0.547. The highest BCUT2D eigenvalue weighted by atomic mass is 79.9. The van der Waals surface area contributed by atoms with Crippen LogP contribution in [-0.4, -0.2) is 6.61 Å². The van der Waals surface area contributed by atoms with Crippen LogP contribution >= 0.6 is 27.5 Å². The zero-order valence-corrected chi connectivity index (χ0v) is 11.2. The number of benzene rings is 1. The highest BCUT2D eigenvalue weighted by molar-refractivity contribution is 9.10. The van der Waals surface area contributed by atoms with Gasteiger partial charge in [-0.15, -0.1) is 0 Å². The summed E-state index contributed by atoms with van der Waals surface area (Å²) in [6.45, 7) is 4.94. The Morgan fingerprint density at radius 2 is 2.13 bits per heavy atom. The highest BCUT2D eigenvalue weighted by Gasteiger charge is 2.08. The molecule has 1 rings (SSSR count). The largest absolute Gasteiger partial charge is 0.490 e. The first-order valence-corrected chi connectivity index (χ1v) is 6.05. The molecule has 0 heterocycles. The minimum Gasteiger partial charge on any atom is -0.490 e. The molecule has 0 amide bonds. The summed E-state index contributed by atoms with van der Waals surface area (Å²) in [6.07, 6.45) is 0.992. The van der Waals surface area contributed by atoms with E-state index in [-0.39, 0.29) is 0 Å². The maximum Gasteiger partial charge on any atom is 0.160 e. The van der Waals surface area contributed by atoms with Gasteiger partial charge in [0.25, 0.3) is 0 Å². The molecule has 2 nitrogen and oxygen atoms in total. The van der Waals surface area contributed by atoms with Gasteiger partial charge in [-0.05, 0) is 24.5 Å². The Bertz CT molecular complexity index is 318. The predicted octanol–water partition coefficient (Wildman–Crippen LogP) is 4.11. The van der Waals surface area contributed by atoms with Crippen molar-refractivity contribution in [3.05, 3.63) is 21.6 Å². The number of halogens is 2.